The van der Waals surface area contributed by atoms with Crippen molar-refractivity contribution in [3.05, 3.63) is 39.0 Å². The molecule has 6 nitrogen and oxygen atoms in total. The zero-order chi connectivity index (χ0) is 18.2. The third kappa shape index (κ3) is 2.98. The highest BCUT2D eigenvalue weighted by atomic mass is 35.5. The number of carbonyl (C=O) groups excluding carboxylic acids is 1. The normalized spacial score (nSPS) is 11.2. The lowest BCUT2D eigenvalue weighted by Gasteiger charge is -2.13. The Balaban J connectivity index is 2.73. The minimum Gasteiger partial charge on any atom is -0.465 e. The van der Waals surface area contributed by atoms with E-state index in [0.717, 1.165) is 11.8 Å². The summed E-state index contributed by atoms with van der Waals surface area (Å²) in [5, 5.41) is 12.0. The molecule has 11 heteroatoms. The maximum Gasteiger partial charge on any atom is 0.416 e. The van der Waals surface area contributed by atoms with Gasteiger partial charge in [-0.2, -0.15) is 23.5 Å². The Bertz CT molecular complexity index is 848. The summed E-state index contributed by atoms with van der Waals surface area (Å²) in [6, 6.07) is 2.90. The van der Waals surface area contributed by atoms with Crippen LogP contribution in [0.2, 0.25) is 10.0 Å². The Hall–Kier alpha value is -2.44. The number of aromatic nitrogens is 2. The van der Waals surface area contributed by atoms with Gasteiger partial charge >= 0.3 is 12.1 Å². The van der Waals surface area contributed by atoms with Gasteiger partial charge in [-0.05, 0) is 12.1 Å². The van der Waals surface area contributed by atoms with Gasteiger partial charge in [0.25, 0.3) is 0 Å². The monoisotopic (exact) mass is 378 g/mol. The average molecular weight is 379 g/mol. The number of ether oxygens (including phenoxy) is 1. The summed E-state index contributed by atoms with van der Waals surface area (Å²) in [5.74, 6) is -1.28. The van der Waals surface area contributed by atoms with Crippen molar-refractivity contribution in [2.75, 3.05) is 12.8 Å². The molecule has 0 aliphatic carbocycles. The summed E-state index contributed by atoms with van der Waals surface area (Å²) in [7, 11) is 1.07. The molecule has 0 fully saturated rings. The van der Waals surface area contributed by atoms with Crippen LogP contribution in [0, 0.1) is 11.3 Å². The molecule has 0 unspecified atom stereocenters. The highest BCUT2D eigenvalue weighted by molar-refractivity contribution is 6.38. The molecule has 0 amide bonds. The van der Waals surface area contributed by atoms with E-state index in [1.807, 2.05) is 0 Å². The number of halogens is 5. The lowest BCUT2D eigenvalue weighted by atomic mass is 10.2. The Morgan fingerprint density at radius 2 is 1.92 bits per heavy atom. The zero-order valence-corrected chi connectivity index (χ0v) is 13.3. The zero-order valence-electron chi connectivity index (χ0n) is 11.8. The van der Waals surface area contributed by atoms with Crippen molar-refractivity contribution in [1.82, 2.24) is 9.78 Å². The number of nitriles is 1. The molecule has 0 aliphatic rings. The summed E-state index contributed by atoms with van der Waals surface area (Å²) in [6.45, 7) is 0. The number of carbonyl (C=O) groups is 1. The van der Waals surface area contributed by atoms with Crippen LogP contribution in [0.25, 0.3) is 5.69 Å². The van der Waals surface area contributed by atoms with Crippen LogP contribution in [0.1, 0.15) is 21.6 Å². The molecule has 24 heavy (non-hydrogen) atoms. The molecule has 0 bridgehead atoms. The molecule has 0 saturated carbocycles. The Labute approximate surface area is 143 Å². The highest BCUT2D eigenvalue weighted by Crippen LogP contribution is 2.38. The predicted molar refractivity (Wildman–Crippen MR) is 79.1 cm³/mol. The minimum absolute atomic E-state index is 0.199. The number of benzene rings is 1. The predicted octanol–water partition coefficient (Wildman–Crippen LogP) is 3.44. The van der Waals surface area contributed by atoms with Crippen LogP contribution in [0.5, 0.6) is 0 Å². The molecule has 0 atom stereocenters. The van der Waals surface area contributed by atoms with Crippen LogP contribution < -0.4 is 5.73 Å². The first-order valence-electron chi connectivity index (χ1n) is 6.05. The van der Waals surface area contributed by atoms with Crippen molar-refractivity contribution in [2.45, 2.75) is 6.18 Å². The molecule has 2 N–H and O–H groups in total. The number of anilines is 1. The third-order valence-corrected chi connectivity index (χ3v) is 3.55. The first kappa shape index (κ1) is 17.9. The number of nitrogen functional groups attached to an aromatic ring is 1. The van der Waals surface area contributed by atoms with Gasteiger partial charge in [0.1, 0.15) is 23.1 Å². The third-order valence-electron chi connectivity index (χ3n) is 2.97. The largest absolute Gasteiger partial charge is 0.465 e. The van der Waals surface area contributed by atoms with E-state index >= 15 is 0 Å². The molecular weight excluding hydrogens is 372 g/mol. The number of alkyl halides is 3. The maximum atomic E-state index is 12.8. The van der Waals surface area contributed by atoms with Crippen molar-refractivity contribution in [1.29, 1.82) is 5.26 Å². The van der Waals surface area contributed by atoms with Crippen LogP contribution in [-0.4, -0.2) is 22.9 Å². The molecular formula is C13H7Cl2F3N4O2. The van der Waals surface area contributed by atoms with Gasteiger partial charge in [-0.15, -0.1) is 0 Å². The quantitative estimate of drug-likeness (QED) is 0.807. The van der Waals surface area contributed by atoms with Crippen molar-refractivity contribution in [2.24, 2.45) is 0 Å². The number of esters is 1. The average Bonchev–Trinajstić information content (AvgIpc) is 2.81. The van der Waals surface area contributed by atoms with Crippen molar-refractivity contribution < 1.29 is 22.7 Å². The fourth-order valence-electron chi connectivity index (χ4n) is 1.91. The first-order valence-corrected chi connectivity index (χ1v) is 6.81. The van der Waals surface area contributed by atoms with E-state index in [0.29, 0.717) is 12.1 Å². The number of hydrogen-bond donors (Lipinski definition) is 1. The molecule has 1 aromatic heterocycles. The van der Waals surface area contributed by atoms with E-state index in [1.165, 1.54) is 0 Å². The van der Waals surface area contributed by atoms with Crippen LogP contribution in [0.15, 0.2) is 12.1 Å². The molecule has 2 aromatic rings. The van der Waals surface area contributed by atoms with Gasteiger partial charge in [-0.1, -0.05) is 23.2 Å². The van der Waals surface area contributed by atoms with Gasteiger partial charge < -0.3 is 10.5 Å². The number of nitrogens with zero attached hydrogens (tertiary/aromatic N) is 3. The Morgan fingerprint density at radius 3 is 2.33 bits per heavy atom. The van der Waals surface area contributed by atoms with Gasteiger partial charge in [-0.25, -0.2) is 9.48 Å². The topological polar surface area (TPSA) is 93.9 Å². The molecule has 0 radical (unpaired) electrons. The smallest absolute Gasteiger partial charge is 0.416 e. The number of methoxy groups -OCH3 is 1. The summed E-state index contributed by atoms with van der Waals surface area (Å²) < 4.78 is 43.6. The standard InChI is InChI=1S/C13H7Cl2F3N4O2/c1-24-12(23)9-8(4-19)21-22(11(9)20)10-6(14)2-5(3-7(10)15)13(16,17)18/h2-3H,20H2,1H3. The fourth-order valence-corrected chi connectivity index (χ4v) is 2.56. The van der Waals surface area contributed by atoms with Crippen LogP contribution in [-0.2, 0) is 10.9 Å². The van der Waals surface area contributed by atoms with E-state index in [9.17, 15) is 18.0 Å². The van der Waals surface area contributed by atoms with Gasteiger partial charge in [0, 0.05) is 0 Å². The Morgan fingerprint density at radius 1 is 1.38 bits per heavy atom. The van der Waals surface area contributed by atoms with E-state index in [4.69, 9.17) is 34.2 Å². The Kier molecular flexibility index (Phi) is 4.64. The molecule has 1 heterocycles. The van der Waals surface area contributed by atoms with Gasteiger partial charge in [0.05, 0.1) is 22.7 Å². The van der Waals surface area contributed by atoms with Crippen LogP contribution in [0.3, 0.4) is 0 Å². The van der Waals surface area contributed by atoms with E-state index in [-0.39, 0.29) is 22.8 Å². The van der Waals surface area contributed by atoms with Gasteiger partial charge in [0.2, 0.25) is 0 Å². The first-order chi connectivity index (χ1) is 11.1. The molecule has 0 spiro atoms. The summed E-state index contributed by atoms with van der Waals surface area (Å²) >= 11 is 11.7. The number of rotatable bonds is 2. The molecule has 0 saturated heterocycles. The second-order valence-electron chi connectivity index (χ2n) is 4.41. The van der Waals surface area contributed by atoms with E-state index in [1.54, 1.807) is 6.07 Å². The molecule has 2 rings (SSSR count). The lowest BCUT2D eigenvalue weighted by molar-refractivity contribution is -0.137. The fraction of sp³-hybridized carbons (Fsp3) is 0.154. The highest BCUT2D eigenvalue weighted by Gasteiger charge is 2.33. The maximum absolute atomic E-state index is 12.8. The summed E-state index contributed by atoms with van der Waals surface area (Å²) in [4.78, 5) is 11.7. The molecule has 0 aliphatic heterocycles. The lowest BCUT2D eigenvalue weighted by Crippen LogP contribution is -2.10. The number of nitrogens with two attached hydrogens (primary N) is 1. The molecule has 126 valence electrons. The van der Waals surface area contributed by atoms with Crippen LogP contribution >= 0.6 is 23.2 Å². The van der Waals surface area contributed by atoms with Gasteiger partial charge in [0.15, 0.2) is 5.69 Å². The summed E-state index contributed by atoms with van der Waals surface area (Å²) in [6.07, 6.45) is -4.66. The second-order valence-corrected chi connectivity index (χ2v) is 5.22. The summed E-state index contributed by atoms with van der Waals surface area (Å²) in [5.41, 5.74) is 3.77. The van der Waals surface area contributed by atoms with Crippen LogP contribution in [0.4, 0.5) is 19.0 Å². The van der Waals surface area contributed by atoms with Crippen molar-refractivity contribution in [3.63, 3.8) is 0 Å². The van der Waals surface area contributed by atoms with Gasteiger partial charge in [-0.3, -0.25) is 0 Å². The van der Waals surface area contributed by atoms with E-state index < -0.39 is 27.8 Å². The van der Waals surface area contributed by atoms with Crippen molar-refractivity contribution >= 4 is 35.0 Å². The van der Waals surface area contributed by atoms with E-state index in [2.05, 4.69) is 9.84 Å². The number of hydrogen-bond acceptors (Lipinski definition) is 5. The second kappa shape index (κ2) is 6.22. The SMILES string of the molecule is COC(=O)c1c(C#N)nn(-c2c(Cl)cc(C(F)(F)F)cc2Cl)c1N. The minimum atomic E-state index is -4.66. The van der Waals surface area contributed by atoms with Crippen molar-refractivity contribution in [3.8, 4) is 11.8 Å². The molecule has 1 aromatic carbocycles.